The number of methoxy groups -OCH3 is 1. The number of aromatic nitrogens is 3. The maximum Gasteiger partial charge on any atom is 0.224 e. The second kappa shape index (κ2) is 7.79. The number of fused-ring (bicyclic) bond motifs is 1. The SMILES string of the molecule is COc1ccc2ccccc2c1CCNC(=O)C(C)Cn1cncn1. The van der Waals surface area contributed by atoms with E-state index >= 15 is 0 Å². The summed E-state index contributed by atoms with van der Waals surface area (Å²) in [5, 5.41) is 9.37. The van der Waals surface area contributed by atoms with E-state index < -0.39 is 0 Å². The van der Waals surface area contributed by atoms with E-state index in [1.807, 2.05) is 25.1 Å². The lowest BCUT2D eigenvalue weighted by molar-refractivity contribution is -0.124. The topological polar surface area (TPSA) is 69.0 Å². The molecule has 0 aliphatic heterocycles. The first-order chi connectivity index (χ1) is 12.2. The van der Waals surface area contributed by atoms with Gasteiger partial charge in [0.05, 0.1) is 19.6 Å². The lowest BCUT2D eigenvalue weighted by Crippen LogP contribution is -2.33. The van der Waals surface area contributed by atoms with Gasteiger partial charge >= 0.3 is 0 Å². The summed E-state index contributed by atoms with van der Waals surface area (Å²) < 4.78 is 7.16. The van der Waals surface area contributed by atoms with Gasteiger partial charge in [-0.05, 0) is 23.3 Å². The lowest BCUT2D eigenvalue weighted by Gasteiger charge is -2.14. The summed E-state index contributed by atoms with van der Waals surface area (Å²) in [6.07, 6.45) is 3.80. The van der Waals surface area contributed by atoms with Crippen molar-refractivity contribution in [1.29, 1.82) is 0 Å². The van der Waals surface area contributed by atoms with Gasteiger partial charge in [0.1, 0.15) is 18.4 Å². The van der Waals surface area contributed by atoms with Gasteiger partial charge in [0.25, 0.3) is 0 Å². The highest BCUT2D eigenvalue weighted by Crippen LogP contribution is 2.28. The van der Waals surface area contributed by atoms with Crippen molar-refractivity contribution in [2.24, 2.45) is 5.92 Å². The second-order valence-corrected chi connectivity index (χ2v) is 6.03. The number of hydrogen-bond acceptors (Lipinski definition) is 4. The highest BCUT2D eigenvalue weighted by Gasteiger charge is 2.14. The average molecular weight is 338 g/mol. The van der Waals surface area contributed by atoms with Crippen LogP contribution in [0.25, 0.3) is 10.8 Å². The van der Waals surface area contributed by atoms with Crippen LogP contribution in [0.5, 0.6) is 5.75 Å². The van der Waals surface area contributed by atoms with Gasteiger partial charge in [-0.1, -0.05) is 37.3 Å². The van der Waals surface area contributed by atoms with Gasteiger partial charge in [0, 0.05) is 12.1 Å². The molecule has 2 aromatic carbocycles. The Morgan fingerprint density at radius 1 is 1.28 bits per heavy atom. The van der Waals surface area contributed by atoms with Crippen LogP contribution in [0.1, 0.15) is 12.5 Å². The van der Waals surface area contributed by atoms with Crippen molar-refractivity contribution in [3.05, 3.63) is 54.6 Å². The maximum atomic E-state index is 12.3. The van der Waals surface area contributed by atoms with Crippen LogP contribution in [-0.4, -0.2) is 34.3 Å². The van der Waals surface area contributed by atoms with Crippen LogP contribution in [0, 0.1) is 5.92 Å². The lowest BCUT2D eigenvalue weighted by atomic mass is 10.0. The average Bonchev–Trinajstić information content (AvgIpc) is 3.14. The Balaban J connectivity index is 1.63. The zero-order chi connectivity index (χ0) is 17.6. The summed E-state index contributed by atoms with van der Waals surface area (Å²) in [7, 11) is 1.67. The fourth-order valence-corrected chi connectivity index (χ4v) is 2.94. The number of carbonyl (C=O) groups excluding carboxylic acids is 1. The molecule has 0 saturated heterocycles. The molecular formula is C19H22N4O2. The second-order valence-electron chi connectivity index (χ2n) is 6.03. The highest BCUT2D eigenvalue weighted by molar-refractivity contribution is 5.88. The molecule has 1 aromatic heterocycles. The molecule has 0 fully saturated rings. The number of rotatable bonds is 7. The molecule has 0 spiro atoms. The normalized spacial score (nSPS) is 12.1. The third-order valence-electron chi connectivity index (χ3n) is 4.27. The van der Waals surface area contributed by atoms with Crippen LogP contribution in [0.4, 0.5) is 0 Å². The number of benzene rings is 2. The number of hydrogen-bond donors (Lipinski definition) is 1. The molecule has 3 rings (SSSR count). The Morgan fingerprint density at radius 2 is 2.12 bits per heavy atom. The van der Waals surface area contributed by atoms with Crippen LogP contribution in [0.3, 0.4) is 0 Å². The predicted octanol–water partition coefficient (Wildman–Crippen LogP) is 2.43. The van der Waals surface area contributed by atoms with Gasteiger partial charge in [-0.3, -0.25) is 9.48 Å². The van der Waals surface area contributed by atoms with E-state index in [4.69, 9.17) is 4.74 Å². The van der Waals surface area contributed by atoms with Crippen molar-refractivity contribution in [1.82, 2.24) is 20.1 Å². The Kier molecular flexibility index (Phi) is 5.28. The molecule has 0 bridgehead atoms. The van der Waals surface area contributed by atoms with Crippen LogP contribution in [0.2, 0.25) is 0 Å². The molecule has 0 aliphatic carbocycles. The van der Waals surface area contributed by atoms with Crippen LogP contribution in [0.15, 0.2) is 49.1 Å². The largest absolute Gasteiger partial charge is 0.496 e. The van der Waals surface area contributed by atoms with E-state index in [0.717, 1.165) is 16.7 Å². The molecule has 0 saturated carbocycles. The van der Waals surface area contributed by atoms with Crippen molar-refractivity contribution < 1.29 is 9.53 Å². The monoisotopic (exact) mass is 338 g/mol. The van der Waals surface area contributed by atoms with Gasteiger partial charge < -0.3 is 10.1 Å². The van der Waals surface area contributed by atoms with Gasteiger partial charge in [-0.2, -0.15) is 5.10 Å². The standard InChI is InChI=1S/C19H22N4O2/c1-14(11-23-13-20-12-22-23)19(24)21-10-9-17-16-6-4-3-5-15(16)7-8-18(17)25-2/h3-8,12-14H,9-11H2,1-2H3,(H,21,24). The minimum absolute atomic E-state index is 0.00898. The first kappa shape index (κ1) is 17.0. The van der Waals surface area contributed by atoms with E-state index in [1.165, 1.54) is 11.7 Å². The maximum absolute atomic E-state index is 12.3. The summed E-state index contributed by atoms with van der Waals surface area (Å²) >= 11 is 0. The zero-order valence-corrected chi connectivity index (χ0v) is 14.5. The fourth-order valence-electron chi connectivity index (χ4n) is 2.94. The van der Waals surface area contributed by atoms with Gasteiger partial charge in [0.2, 0.25) is 5.91 Å². The van der Waals surface area contributed by atoms with Crippen molar-refractivity contribution in [3.8, 4) is 5.75 Å². The van der Waals surface area contributed by atoms with Crippen molar-refractivity contribution in [3.63, 3.8) is 0 Å². The summed E-state index contributed by atoms with van der Waals surface area (Å²) in [5.74, 6) is 0.689. The van der Waals surface area contributed by atoms with E-state index in [0.29, 0.717) is 19.5 Å². The zero-order valence-electron chi connectivity index (χ0n) is 14.5. The smallest absolute Gasteiger partial charge is 0.224 e. The van der Waals surface area contributed by atoms with Gasteiger partial charge in [0.15, 0.2) is 0 Å². The van der Waals surface area contributed by atoms with Crippen LogP contribution in [-0.2, 0) is 17.8 Å². The van der Waals surface area contributed by atoms with Crippen molar-refractivity contribution >= 4 is 16.7 Å². The molecule has 25 heavy (non-hydrogen) atoms. The molecule has 0 radical (unpaired) electrons. The summed E-state index contributed by atoms with van der Waals surface area (Å²) in [6, 6.07) is 12.2. The molecule has 1 unspecified atom stereocenters. The third kappa shape index (κ3) is 3.96. The quantitative estimate of drug-likeness (QED) is 0.718. The number of ether oxygens (including phenoxy) is 1. The Morgan fingerprint density at radius 3 is 2.88 bits per heavy atom. The molecular weight excluding hydrogens is 316 g/mol. The number of carbonyl (C=O) groups is 1. The molecule has 1 N–H and O–H groups in total. The molecule has 0 aliphatic rings. The third-order valence-corrected chi connectivity index (χ3v) is 4.27. The Labute approximate surface area is 146 Å². The van der Waals surface area contributed by atoms with E-state index in [9.17, 15) is 4.79 Å². The number of amides is 1. The summed E-state index contributed by atoms with van der Waals surface area (Å²) in [5.41, 5.74) is 1.12. The Bertz CT molecular complexity index is 846. The minimum Gasteiger partial charge on any atom is -0.496 e. The summed E-state index contributed by atoms with van der Waals surface area (Å²) in [6.45, 7) is 2.96. The summed E-state index contributed by atoms with van der Waals surface area (Å²) in [4.78, 5) is 16.2. The molecule has 6 nitrogen and oxygen atoms in total. The number of nitrogens with zero attached hydrogens (tertiary/aromatic N) is 3. The van der Waals surface area contributed by atoms with Crippen molar-refractivity contribution in [2.45, 2.75) is 19.9 Å². The minimum atomic E-state index is -0.170. The van der Waals surface area contributed by atoms with Crippen molar-refractivity contribution in [2.75, 3.05) is 13.7 Å². The Hall–Kier alpha value is -2.89. The molecule has 1 amide bonds. The molecule has 3 aromatic rings. The van der Waals surface area contributed by atoms with Crippen LogP contribution < -0.4 is 10.1 Å². The fraction of sp³-hybridized carbons (Fsp3) is 0.316. The van der Waals surface area contributed by atoms with Crippen LogP contribution >= 0.6 is 0 Å². The van der Waals surface area contributed by atoms with E-state index in [-0.39, 0.29) is 11.8 Å². The molecule has 130 valence electrons. The molecule has 1 atom stereocenters. The van der Waals surface area contributed by atoms with Gasteiger partial charge in [-0.25, -0.2) is 4.98 Å². The number of nitrogens with one attached hydrogen (secondary N) is 1. The predicted molar refractivity (Wildman–Crippen MR) is 96.4 cm³/mol. The van der Waals surface area contributed by atoms with E-state index in [2.05, 4.69) is 33.6 Å². The first-order valence-electron chi connectivity index (χ1n) is 8.33. The molecule has 1 heterocycles. The van der Waals surface area contributed by atoms with Gasteiger partial charge in [-0.15, -0.1) is 0 Å². The highest BCUT2D eigenvalue weighted by atomic mass is 16.5. The van der Waals surface area contributed by atoms with E-state index in [1.54, 1.807) is 18.1 Å². The molecule has 6 heteroatoms. The first-order valence-corrected chi connectivity index (χ1v) is 8.33.